The predicted molar refractivity (Wildman–Crippen MR) is 132 cm³/mol. The van der Waals surface area contributed by atoms with Crippen molar-refractivity contribution >= 4 is 23.4 Å². The van der Waals surface area contributed by atoms with Gasteiger partial charge in [0.2, 0.25) is 0 Å². The summed E-state index contributed by atoms with van der Waals surface area (Å²) in [6.45, 7) is 3.86. The molecule has 0 aromatic carbocycles. The van der Waals surface area contributed by atoms with E-state index in [1.165, 1.54) is 43.4 Å². The van der Waals surface area contributed by atoms with Crippen molar-refractivity contribution in [3.8, 4) is 5.75 Å². The van der Waals surface area contributed by atoms with E-state index in [4.69, 9.17) is 14.7 Å². The van der Waals surface area contributed by atoms with E-state index < -0.39 is 0 Å². The van der Waals surface area contributed by atoms with Crippen molar-refractivity contribution in [1.29, 1.82) is 0 Å². The molecule has 0 amide bonds. The van der Waals surface area contributed by atoms with E-state index in [0.717, 1.165) is 60.0 Å². The van der Waals surface area contributed by atoms with Gasteiger partial charge < -0.3 is 14.5 Å². The summed E-state index contributed by atoms with van der Waals surface area (Å²) < 4.78 is 6.14. The van der Waals surface area contributed by atoms with Crippen molar-refractivity contribution in [2.24, 2.45) is 5.41 Å². The molecule has 6 heterocycles. The molecule has 7 rings (SSSR count). The molecule has 0 bridgehead atoms. The predicted octanol–water partition coefficient (Wildman–Crippen LogP) is 4.16. The number of nitrogens with zero attached hydrogens (tertiary/aromatic N) is 6. The van der Waals surface area contributed by atoms with E-state index >= 15 is 0 Å². The van der Waals surface area contributed by atoms with E-state index in [0.29, 0.717) is 11.5 Å². The molecule has 3 aliphatic heterocycles. The number of pyridine rings is 2. The van der Waals surface area contributed by atoms with Crippen LogP contribution in [0.2, 0.25) is 0 Å². The van der Waals surface area contributed by atoms with E-state index in [1.807, 2.05) is 30.9 Å². The number of fused-ring (bicyclic) bond motifs is 4. The molecule has 0 N–H and O–H groups in total. The largest absolute Gasteiger partial charge is 0.486 e. The summed E-state index contributed by atoms with van der Waals surface area (Å²) in [4.78, 5) is 24.6. The van der Waals surface area contributed by atoms with Crippen molar-refractivity contribution in [2.45, 2.75) is 54.5 Å². The van der Waals surface area contributed by atoms with E-state index in [-0.39, 0.29) is 0 Å². The molecule has 4 aliphatic rings. The smallest absolute Gasteiger partial charge is 0.175 e. The lowest BCUT2D eigenvalue weighted by molar-refractivity contribution is 0.231. The van der Waals surface area contributed by atoms with Crippen LogP contribution in [0.1, 0.15) is 36.9 Å². The highest BCUT2D eigenvalue weighted by molar-refractivity contribution is 7.99. The van der Waals surface area contributed by atoms with Gasteiger partial charge in [-0.2, -0.15) is 0 Å². The number of ether oxygens (including phenoxy) is 1. The third-order valence-electron chi connectivity index (χ3n) is 7.99. The Morgan fingerprint density at radius 2 is 1.91 bits per heavy atom. The number of anilines is 2. The standard InChI is InChI=1S/C26H28N6OS/c1-3-18-13-26(14-20(18)27-8-1)6-11-31(12-7-26)22-15-30-23(16-29-22)34-21-5-9-28-25-24(21)33-17-19-4-2-10-32(19)25/h1,3,5,8-9,15-16,19H,2,4,6-7,10-14,17H2/t19-/m1/s1. The second kappa shape index (κ2) is 8.12. The molecule has 7 nitrogen and oxygen atoms in total. The molecular formula is C26H28N6OS. The van der Waals surface area contributed by atoms with Gasteiger partial charge in [-0.25, -0.2) is 15.0 Å². The Kier molecular flexibility index (Phi) is 4.89. The molecule has 0 unspecified atom stereocenters. The summed E-state index contributed by atoms with van der Waals surface area (Å²) in [6, 6.07) is 6.81. The Bertz CT molecular complexity index is 1180. The molecule has 8 heteroatoms. The number of hydrogen-bond donors (Lipinski definition) is 0. The zero-order chi connectivity index (χ0) is 22.5. The molecule has 1 spiro atoms. The highest BCUT2D eigenvalue weighted by Crippen LogP contribution is 2.45. The van der Waals surface area contributed by atoms with Gasteiger partial charge in [-0.15, -0.1) is 0 Å². The van der Waals surface area contributed by atoms with Crippen molar-refractivity contribution in [3.05, 3.63) is 54.2 Å². The normalized spacial score (nSPS) is 22.3. The minimum absolute atomic E-state index is 0.380. The van der Waals surface area contributed by atoms with E-state index in [1.54, 1.807) is 11.8 Å². The van der Waals surface area contributed by atoms with Crippen molar-refractivity contribution in [3.63, 3.8) is 0 Å². The molecule has 2 fully saturated rings. The zero-order valence-electron chi connectivity index (χ0n) is 19.2. The maximum absolute atomic E-state index is 6.14. The maximum Gasteiger partial charge on any atom is 0.175 e. The molecule has 34 heavy (non-hydrogen) atoms. The monoisotopic (exact) mass is 472 g/mol. The summed E-state index contributed by atoms with van der Waals surface area (Å²) in [5.74, 6) is 2.85. The van der Waals surface area contributed by atoms with Gasteiger partial charge in [0.05, 0.1) is 23.3 Å². The highest BCUT2D eigenvalue weighted by Gasteiger charge is 2.40. The van der Waals surface area contributed by atoms with Crippen molar-refractivity contribution in [1.82, 2.24) is 19.9 Å². The van der Waals surface area contributed by atoms with Gasteiger partial charge in [0, 0.05) is 37.7 Å². The van der Waals surface area contributed by atoms with Gasteiger partial charge in [0.15, 0.2) is 11.6 Å². The Hall–Kier alpha value is -2.87. The number of hydrogen-bond acceptors (Lipinski definition) is 8. The third kappa shape index (κ3) is 3.50. The zero-order valence-corrected chi connectivity index (χ0v) is 20.0. The fourth-order valence-corrected chi connectivity index (χ4v) is 6.93. The van der Waals surface area contributed by atoms with Crippen LogP contribution < -0.4 is 14.5 Å². The maximum atomic E-state index is 6.14. The summed E-state index contributed by atoms with van der Waals surface area (Å²) in [7, 11) is 0. The van der Waals surface area contributed by atoms with Crippen LogP contribution in [0.15, 0.2) is 52.9 Å². The lowest BCUT2D eigenvalue weighted by Gasteiger charge is -2.39. The minimum atomic E-state index is 0.380. The van der Waals surface area contributed by atoms with Crippen LogP contribution in [0.5, 0.6) is 5.75 Å². The second-order valence-corrected chi connectivity index (χ2v) is 11.1. The van der Waals surface area contributed by atoms with Gasteiger partial charge in [0.25, 0.3) is 0 Å². The Labute approximate surface area is 204 Å². The highest BCUT2D eigenvalue weighted by atomic mass is 32.2. The van der Waals surface area contributed by atoms with Crippen LogP contribution in [0, 0.1) is 5.41 Å². The molecule has 0 radical (unpaired) electrons. The molecular weight excluding hydrogens is 444 g/mol. The first-order valence-corrected chi connectivity index (χ1v) is 13.1. The lowest BCUT2D eigenvalue weighted by Crippen LogP contribution is -2.41. The molecule has 2 saturated heterocycles. The molecule has 3 aromatic rings. The van der Waals surface area contributed by atoms with Crippen LogP contribution in [-0.4, -0.2) is 52.2 Å². The van der Waals surface area contributed by atoms with Crippen LogP contribution >= 0.6 is 11.8 Å². The average Bonchev–Trinajstić information content (AvgIpc) is 3.50. The second-order valence-electron chi connectivity index (χ2n) is 10.0. The fraction of sp³-hybridized carbons (Fsp3) is 0.462. The van der Waals surface area contributed by atoms with Crippen molar-refractivity contribution in [2.75, 3.05) is 36.0 Å². The summed E-state index contributed by atoms with van der Waals surface area (Å²) >= 11 is 1.61. The topological polar surface area (TPSA) is 67.3 Å². The SMILES string of the molecule is c1cnc2c(c1)CC1(CCN(c3cnc(Sc4ccnc5c4OC[C@H]4CCCN54)cn3)CC1)C2. The van der Waals surface area contributed by atoms with Gasteiger partial charge >= 0.3 is 0 Å². The minimum Gasteiger partial charge on any atom is -0.486 e. The van der Waals surface area contributed by atoms with Crippen molar-refractivity contribution < 1.29 is 4.74 Å². The van der Waals surface area contributed by atoms with Crippen LogP contribution in [0.25, 0.3) is 0 Å². The van der Waals surface area contributed by atoms with Crippen LogP contribution in [0.4, 0.5) is 11.6 Å². The fourth-order valence-electron chi connectivity index (χ4n) is 6.12. The molecule has 3 aromatic heterocycles. The summed E-state index contributed by atoms with van der Waals surface area (Å²) in [5.41, 5.74) is 3.13. The van der Waals surface area contributed by atoms with E-state index in [9.17, 15) is 0 Å². The molecule has 1 atom stereocenters. The van der Waals surface area contributed by atoms with Crippen LogP contribution in [-0.2, 0) is 12.8 Å². The number of rotatable bonds is 3. The molecule has 174 valence electrons. The average molecular weight is 473 g/mol. The first-order valence-electron chi connectivity index (χ1n) is 12.3. The third-order valence-corrected chi connectivity index (χ3v) is 8.95. The van der Waals surface area contributed by atoms with Gasteiger partial charge in [-0.3, -0.25) is 4.98 Å². The molecule has 0 saturated carbocycles. The Morgan fingerprint density at radius 3 is 2.76 bits per heavy atom. The Balaban J connectivity index is 1.03. The summed E-state index contributed by atoms with van der Waals surface area (Å²) in [5, 5.41) is 0.884. The number of aromatic nitrogens is 4. The van der Waals surface area contributed by atoms with Crippen LogP contribution in [0.3, 0.4) is 0 Å². The Morgan fingerprint density at radius 1 is 0.971 bits per heavy atom. The number of piperidine rings is 1. The first kappa shape index (κ1) is 20.5. The lowest BCUT2D eigenvalue weighted by atomic mass is 9.76. The van der Waals surface area contributed by atoms with E-state index in [2.05, 4.69) is 31.9 Å². The van der Waals surface area contributed by atoms with Gasteiger partial charge in [-0.05, 0) is 61.6 Å². The summed E-state index contributed by atoms with van der Waals surface area (Å²) in [6.07, 6.45) is 14.7. The molecule has 1 aliphatic carbocycles. The quantitative estimate of drug-likeness (QED) is 0.563. The van der Waals surface area contributed by atoms with Gasteiger partial charge in [-0.1, -0.05) is 17.8 Å². The first-order chi connectivity index (χ1) is 16.8. The van der Waals surface area contributed by atoms with Gasteiger partial charge in [0.1, 0.15) is 17.5 Å².